The third kappa shape index (κ3) is 0.999. The van der Waals surface area contributed by atoms with Crippen LogP contribution in [0.25, 0.3) is 0 Å². The molecule has 3 nitrogen and oxygen atoms in total. The minimum atomic E-state index is -0.523. The third-order valence-electron chi connectivity index (χ3n) is 2.57. The largest absolute Gasteiger partial charge is 0.396 e. The number of halogens is 1. The Balaban J connectivity index is 2.79. The van der Waals surface area contributed by atoms with Crippen LogP contribution in [-0.2, 0) is 0 Å². The van der Waals surface area contributed by atoms with Gasteiger partial charge in [0.2, 0.25) is 0 Å². The van der Waals surface area contributed by atoms with Gasteiger partial charge in [-0.3, -0.25) is 4.79 Å². The van der Waals surface area contributed by atoms with E-state index in [4.69, 9.17) is 5.73 Å². The first-order chi connectivity index (χ1) is 6.52. The summed E-state index contributed by atoms with van der Waals surface area (Å²) in [5, 5.41) is 2.71. The molecule has 1 aliphatic rings. The average Bonchev–Trinajstić information content (AvgIpc) is 2.38. The molecule has 0 spiro atoms. The number of nitrogen functional groups attached to an aromatic ring is 1. The van der Waals surface area contributed by atoms with Gasteiger partial charge < -0.3 is 11.1 Å². The highest BCUT2D eigenvalue weighted by Gasteiger charge is 2.30. The molecule has 1 aromatic rings. The highest BCUT2D eigenvalue weighted by atomic mass is 19.1. The number of carbonyl (C=O) groups excluding carboxylic acids is 1. The van der Waals surface area contributed by atoms with Gasteiger partial charge in [-0.05, 0) is 31.0 Å². The summed E-state index contributed by atoms with van der Waals surface area (Å²) in [6.45, 7) is 3.63. The van der Waals surface area contributed by atoms with Gasteiger partial charge in [0.15, 0.2) is 0 Å². The molecule has 4 heteroatoms. The van der Waals surface area contributed by atoms with Gasteiger partial charge in [0, 0.05) is 0 Å². The van der Waals surface area contributed by atoms with Gasteiger partial charge >= 0.3 is 0 Å². The van der Waals surface area contributed by atoms with Crippen LogP contribution in [0.5, 0.6) is 0 Å². The molecule has 0 radical (unpaired) electrons. The molecule has 1 heterocycles. The standard InChI is InChI=1S/C10H11FN2O/c1-4-3-6(11)9(12)8-7(4)5(2)13-10(8)14/h3,5H,12H2,1-2H3,(H,13,14)/t5-/m0/s1. The molecule has 0 fully saturated rings. The number of anilines is 1. The smallest absolute Gasteiger partial charge is 0.254 e. The Morgan fingerprint density at radius 2 is 2.21 bits per heavy atom. The van der Waals surface area contributed by atoms with Crippen molar-refractivity contribution < 1.29 is 9.18 Å². The molecule has 1 amide bonds. The number of aryl methyl sites for hydroxylation is 1. The van der Waals surface area contributed by atoms with Gasteiger partial charge in [-0.2, -0.15) is 0 Å². The summed E-state index contributed by atoms with van der Waals surface area (Å²) in [6, 6.07) is 1.28. The fourth-order valence-electron chi connectivity index (χ4n) is 1.95. The molecule has 2 rings (SSSR count). The number of nitrogens with one attached hydrogen (secondary N) is 1. The van der Waals surface area contributed by atoms with Crippen LogP contribution in [0.1, 0.15) is 34.5 Å². The Hall–Kier alpha value is -1.58. The molecule has 0 bridgehead atoms. The number of carbonyl (C=O) groups is 1. The maximum atomic E-state index is 13.2. The lowest BCUT2D eigenvalue weighted by Gasteiger charge is -2.09. The molecule has 1 aromatic carbocycles. The van der Waals surface area contributed by atoms with Gasteiger partial charge in [-0.1, -0.05) is 0 Å². The minimum Gasteiger partial charge on any atom is -0.396 e. The van der Waals surface area contributed by atoms with Crippen molar-refractivity contribution in [3.8, 4) is 0 Å². The summed E-state index contributed by atoms with van der Waals surface area (Å²) in [6.07, 6.45) is 0. The highest BCUT2D eigenvalue weighted by Crippen LogP contribution is 2.33. The number of amides is 1. The number of nitrogens with two attached hydrogens (primary N) is 1. The quantitative estimate of drug-likeness (QED) is 0.615. The Bertz CT molecular complexity index is 429. The molecule has 3 N–H and O–H groups in total. The number of hydrogen-bond donors (Lipinski definition) is 2. The minimum absolute atomic E-state index is 0.0487. The molecule has 1 aliphatic heterocycles. The van der Waals surface area contributed by atoms with Crippen LogP contribution < -0.4 is 11.1 Å². The predicted octanol–water partition coefficient (Wildman–Crippen LogP) is 1.52. The molecule has 0 aromatic heterocycles. The summed E-state index contributed by atoms with van der Waals surface area (Å²) >= 11 is 0. The van der Waals surface area contributed by atoms with Crippen molar-refractivity contribution in [3.63, 3.8) is 0 Å². The van der Waals surface area contributed by atoms with Crippen molar-refractivity contribution in [1.82, 2.24) is 5.32 Å². The predicted molar refractivity (Wildman–Crippen MR) is 51.4 cm³/mol. The van der Waals surface area contributed by atoms with Crippen LogP contribution in [0.2, 0.25) is 0 Å². The van der Waals surface area contributed by atoms with E-state index in [0.717, 1.165) is 11.1 Å². The molecule has 0 aliphatic carbocycles. The summed E-state index contributed by atoms with van der Waals surface area (Å²) < 4.78 is 13.2. The van der Waals surface area contributed by atoms with E-state index in [0.29, 0.717) is 5.56 Å². The maximum Gasteiger partial charge on any atom is 0.254 e. The van der Waals surface area contributed by atoms with E-state index in [1.807, 2.05) is 6.92 Å². The fraction of sp³-hybridized carbons (Fsp3) is 0.300. The molecule has 14 heavy (non-hydrogen) atoms. The molecule has 1 atom stereocenters. The lowest BCUT2D eigenvalue weighted by Crippen LogP contribution is -2.17. The maximum absolute atomic E-state index is 13.2. The topological polar surface area (TPSA) is 55.1 Å². The molecule has 74 valence electrons. The zero-order chi connectivity index (χ0) is 10.5. The molecule has 0 saturated heterocycles. The van der Waals surface area contributed by atoms with Gasteiger partial charge in [-0.15, -0.1) is 0 Å². The Morgan fingerprint density at radius 1 is 1.57 bits per heavy atom. The van der Waals surface area contributed by atoms with Crippen molar-refractivity contribution in [2.75, 3.05) is 5.73 Å². The van der Waals surface area contributed by atoms with E-state index >= 15 is 0 Å². The van der Waals surface area contributed by atoms with E-state index in [1.165, 1.54) is 6.07 Å². The number of hydrogen-bond acceptors (Lipinski definition) is 2. The van der Waals surface area contributed by atoms with Crippen molar-refractivity contribution in [2.24, 2.45) is 0 Å². The van der Waals surface area contributed by atoms with Crippen molar-refractivity contribution >= 4 is 11.6 Å². The van der Waals surface area contributed by atoms with E-state index in [1.54, 1.807) is 6.92 Å². The van der Waals surface area contributed by atoms with E-state index in [2.05, 4.69) is 5.32 Å². The average molecular weight is 194 g/mol. The van der Waals surface area contributed by atoms with Crippen LogP contribution in [0.15, 0.2) is 6.07 Å². The molecule has 0 unspecified atom stereocenters. The van der Waals surface area contributed by atoms with E-state index in [9.17, 15) is 9.18 Å². The summed E-state index contributed by atoms with van der Waals surface area (Å²) in [5.74, 6) is -0.807. The fourth-order valence-corrected chi connectivity index (χ4v) is 1.95. The van der Waals surface area contributed by atoms with Gasteiger partial charge in [-0.25, -0.2) is 4.39 Å². The highest BCUT2D eigenvalue weighted by molar-refractivity contribution is 6.04. The Kier molecular flexibility index (Phi) is 1.74. The molecule has 0 saturated carbocycles. The van der Waals surface area contributed by atoms with Crippen molar-refractivity contribution in [2.45, 2.75) is 19.9 Å². The zero-order valence-electron chi connectivity index (χ0n) is 8.02. The third-order valence-corrected chi connectivity index (χ3v) is 2.57. The number of rotatable bonds is 0. The normalized spacial score (nSPS) is 19.4. The summed E-state index contributed by atoms with van der Waals surface area (Å²) in [4.78, 5) is 11.4. The Labute approximate surface area is 81.1 Å². The van der Waals surface area contributed by atoms with E-state index < -0.39 is 5.82 Å². The molecular formula is C10H11FN2O. The first-order valence-electron chi connectivity index (χ1n) is 4.41. The summed E-state index contributed by atoms with van der Waals surface area (Å²) in [7, 11) is 0. The lowest BCUT2D eigenvalue weighted by atomic mass is 9.98. The van der Waals surface area contributed by atoms with E-state index in [-0.39, 0.29) is 17.6 Å². The van der Waals surface area contributed by atoms with Crippen molar-refractivity contribution in [1.29, 1.82) is 0 Å². The first-order valence-corrected chi connectivity index (χ1v) is 4.41. The zero-order valence-corrected chi connectivity index (χ0v) is 8.02. The Morgan fingerprint density at radius 3 is 2.86 bits per heavy atom. The second-order valence-corrected chi connectivity index (χ2v) is 3.57. The number of benzene rings is 1. The van der Waals surface area contributed by atoms with Crippen LogP contribution in [-0.4, -0.2) is 5.91 Å². The van der Waals surface area contributed by atoms with Crippen LogP contribution >= 0.6 is 0 Å². The lowest BCUT2D eigenvalue weighted by molar-refractivity contribution is 0.0959. The number of fused-ring (bicyclic) bond motifs is 1. The SMILES string of the molecule is Cc1cc(F)c(N)c2c1[C@H](C)NC2=O. The van der Waals surface area contributed by atoms with Crippen molar-refractivity contribution in [3.05, 3.63) is 28.6 Å². The van der Waals surface area contributed by atoms with Gasteiger partial charge in [0.1, 0.15) is 5.82 Å². The molecular weight excluding hydrogens is 183 g/mol. The van der Waals surface area contributed by atoms with Gasteiger partial charge in [0.05, 0.1) is 17.3 Å². The van der Waals surface area contributed by atoms with Gasteiger partial charge in [0.25, 0.3) is 5.91 Å². The van der Waals surface area contributed by atoms with Crippen LogP contribution in [0, 0.1) is 12.7 Å². The summed E-state index contributed by atoms with van der Waals surface area (Å²) in [5.41, 5.74) is 7.35. The monoisotopic (exact) mass is 194 g/mol. The second-order valence-electron chi connectivity index (χ2n) is 3.57. The first kappa shape index (κ1) is 8.99. The van der Waals surface area contributed by atoms with Crippen LogP contribution in [0.3, 0.4) is 0 Å². The van der Waals surface area contributed by atoms with Crippen LogP contribution in [0.4, 0.5) is 10.1 Å². The second kappa shape index (κ2) is 2.70.